The summed E-state index contributed by atoms with van der Waals surface area (Å²) in [5, 5.41) is 18.0. The number of halogens is 17. The van der Waals surface area contributed by atoms with E-state index in [4.69, 9.17) is 10.2 Å². The van der Waals surface area contributed by atoms with Crippen molar-refractivity contribution in [3.8, 4) is 0 Å². The third kappa shape index (κ3) is 15.5. The van der Waals surface area contributed by atoms with E-state index in [0.29, 0.717) is 12.8 Å². The molecule has 0 radical (unpaired) electrons. The number of hydrogen-bond donors (Lipinski definition) is 2. The van der Waals surface area contributed by atoms with Crippen molar-refractivity contribution in [2.24, 2.45) is 5.92 Å². The first-order valence-corrected chi connectivity index (χ1v) is 19.2. The van der Waals surface area contributed by atoms with Crippen LogP contribution in [0.25, 0.3) is 0 Å². The molecular formula is C36H49F17O8. The van der Waals surface area contributed by atoms with Crippen molar-refractivity contribution < 1.29 is 114 Å². The Balaban J connectivity index is 5.59. The van der Waals surface area contributed by atoms with Crippen LogP contribution in [0, 0.1) is 5.92 Å². The van der Waals surface area contributed by atoms with Gasteiger partial charge in [0.1, 0.15) is 0 Å². The van der Waals surface area contributed by atoms with Gasteiger partial charge in [-0.3, -0.25) is 14.4 Å². The highest BCUT2D eigenvalue weighted by atomic mass is 19.4. The van der Waals surface area contributed by atoms with Crippen molar-refractivity contribution in [2.45, 2.75) is 189 Å². The van der Waals surface area contributed by atoms with Crippen molar-refractivity contribution in [2.75, 3.05) is 6.61 Å². The quantitative estimate of drug-likeness (QED) is 0.0378. The molecule has 360 valence electrons. The summed E-state index contributed by atoms with van der Waals surface area (Å²) in [4.78, 5) is 47.4. The second kappa shape index (κ2) is 23.9. The minimum Gasteiger partial charge on any atom is -0.481 e. The maximum atomic E-state index is 14.3. The van der Waals surface area contributed by atoms with E-state index in [9.17, 15) is 93.8 Å². The van der Waals surface area contributed by atoms with Gasteiger partial charge in [0.2, 0.25) is 6.10 Å². The van der Waals surface area contributed by atoms with Gasteiger partial charge < -0.3 is 19.7 Å². The van der Waals surface area contributed by atoms with Crippen LogP contribution in [-0.4, -0.2) is 94.4 Å². The number of unbranched alkanes of at least 4 members (excludes halogenated alkanes) is 15. The predicted octanol–water partition coefficient (Wildman–Crippen LogP) is 12.1. The summed E-state index contributed by atoms with van der Waals surface area (Å²) in [5.41, 5.74) is 0. The topological polar surface area (TPSA) is 127 Å². The van der Waals surface area contributed by atoms with Gasteiger partial charge in [-0.05, 0) is 6.42 Å². The summed E-state index contributed by atoms with van der Waals surface area (Å²) in [6, 6.07) is 0. The van der Waals surface area contributed by atoms with Gasteiger partial charge in [0.25, 0.3) is 0 Å². The van der Waals surface area contributed by atoms with Crippen LogP contribution in [0.4, 0.5) is 74.6 Å². The molecule has 0 fully saturated rings. The van der Waals surface area contributed by atoms with Crippen LogP contribution in [0.5, 0.6) is 0 Å². The molecule has 0 amide bonds. The number of rotatable bonds is 33. The number of aliphatic carboxylic acids is 2. The van der Waals surface area contributed by atoms with Crippen LogP contribution < -0.4 is 0 Å². The van der Waals surface area contributed by atoms with Gasteiger partial charge in [-0.1, -0.05) is 110 Å². The molecule has 0 saturated carbocycles. The normalized spacial score (nSPS) is 14.7. The molecule has 2 unspecified atom stereocenters. The van der Waals surface area contributed by atoms with Crippen LogP contribution in [0.1, 0.15) is 135 Å². The fourth-order valence-electron chi connectivity index (χ4n) is 5.72. The van der Waals surface area contributed by atoms with Gasteiger partial charge in [0, 0.05) is 0 Å². The Hall–Kier alpha value is -3.31. The lowest BCUT2D eigenvalue weighted by Crippen LogP contribution is -2.74. The van der Waals surface area contributed by atoms with Gasteiger partial charge >= 0.3 is 71.5 Å². The second-order valence-electron chi connectivity index (χ2n) is 14.5. The van der Waals surface area contributed by atoms with Crippen molar-refractivity contribution in [3.05, 3.63) is 0 Å². The Morgan fingerprint density at radius 3 is 1.21 bits per heavy atom. The largest absolute Gasteiger partial charge is 0.481 e. The summed E-state index contributed by atoms with van der Waals surface area (Å²) in [6.45, 7) is -0.0998. The summed E-state index contributed by atoms with van der Waals surface area (Å²) < 4.78 is 239. The fraction of sp³-hybridized carbons (Fsp3) is 0.889. The monoisotopic (exact) mass is 932 g/mol. The van der Waals surface area contributed by atoms with Crippen LogP contribution >= 0.6 is 0 Å². The van der Waals surface area contributed by atoms with Crippen LogP contribution in [0.2, 0.25) is 0 Å². The molecule has 0 spiro atoms. The minimum absolute atomic E-state index is 0.0775. The lowest BCUT2D eigenvalue weighted by molar-refractivity contribution is -0.461. The average Bonchev–Trinajstić information content (AvgIpc) is 3.12. The highest BCUT2D eigenvalue weighted by molar-refractivity contribution is 5.85. The highest BCUT2D eigenvalue weighted by Gasteiger charge is 2.95. The maximum absolute atomic E-state index is 14.3. The molecule has 0 bridgehead atoms. The van der Waals surface area contributed by atoms with E-state index < -0.39 is 109 Å². The zero-order valence-corrected chi connectivity index (χ0v) is 32.8. The first kappa shape index (κ1) is 57.7. The van der Waals surface area contributed by atoms with E-state index in [-0.39, 0.29) is 12.8 Å². The average molecular weight is 933 g/mol. The Morgan fingerprint density at radius 1 is 0.492 bits per heavy atom. The summed E-state index contributed by atoms with van der Waals surface area (Å²) in [5.74, 6) is -66.8. The molecule has 61 heavy (non-hydrogen) atoms. The van der Waals surface area contributed by atoms with Crippen molar-refractivity contribution in [3.63, 3.8) is 0 Å². The van der Waals surface area contributed by atoms with E-state index in [1.54, 1.807) is 0 Å². The fourth-order valence-corrected chi connectivity index (χ4v) is 5.72. The Kier molecular flexibility index (Phi) is 22.6. The molecule has 2 N–H and O–H groups in total. The smallest absolute Gasteiger partial charge is 0.460 e. The van der Waals surface area contributed by atoms with Crippen molar-refractivity contribution in [1.82, 2.24) is 0 Å². The van der Waals surface area contributed by atoms with Crippen LogP contribution in [-0.2, 0) is 28.7 Å². The first-order valence-electron chi connectivity index (χ1n) is 19.2. The van der Waals surface area contributed by atoms with Crippen molar-refractivity contribution in [1.29, 1.82) is 0 Å². The predicted molar refractivity (Wildman–Crippen MR) is 178 cm³/mol. The molecule has 0 rings (SSSR count). The van der Waals surface area contributed by atoms with Crippen molar-refractivity contribution >= 4 is 23.9 Å². The zero-order chi connectivity index (χ0) is 47.7. The Bertz CT molecular complexity index is 1370. The molecule has 0 aliphatic carbocycles. The van der Waals surface area contributed by atoms with Gasteiger partial charge in [-0.15, -0.1) is 0 Å². The van der Waals surface area contributed by atoms with Gasteiger partial charge in [0.05, 0.1) is 31.8 Å². The van der Waals surface area contributed by atoms with Gasteiger partial charge in [-0.2, -0.15) is 74.6 Å². The molecule has 0 aromatic heterocycles. The molecular weight excluding hydrogens is 883 g/mol. The standard InChI is InChI=1S/C36H49F17O8/c1-2-3-4-5-6-7-8-9-10-11-12-13-14-15-16-17-18-23(28(59)61-24(27(57)58)22-25(54)55)21-26(56)60-20-19-29(37,38)30(39,40)31(41,42)32(43,44)33(45,46)34(47,48)35(49,50)36(51,52)53/h23-24H,2-22H2,1H3,(H,54,55)(H,57,58). The third-order valence-corrected chi connectivity index (χ3v) is 9.51. The minimum atomic E-state index is -8.80. The maximum Gasteiger partial charge on any atom is 0.460 e. The van der Waals surface area contributed by atoms with Crippen LogP contribution in [0.15, 0.2) is 0 Å². The number of esters is 2. The molecule has 0 aromatic rings. The molecule has 0 aromatic carbocycles. The van der Waals surface area contributed by atoms with Crippen LogP contribution in [0.3, 0.4) is 0 Å². The number of hydrogen-bond acceptors (Lipinski definition) is 6. The van der Waals surface area contributed by atoms with Gasteiger partial charge in [-0.25, -0.2) is 4.79 Å². The Morgan fingerprint density at radius 2 is 0.852 bits per heavy atom. The second-order valence-corrected chi connectivity index (χ2v) is 14.5. The van der Waals surface area contributed by atoms with E-state index in [1.165, 1.54) is 38.5 Å². The number of carboxylic acids is 2. The van der Waals surface area contributed by atoms with E-state index >= 15 is 0 Å². The molecule has 2 atom stereocenters. The number of ether oxygens (including phenoxy) is 2. The number of carbonyl (C=O) groups excluding carboxylic acids is 2. The van der Waals surface area contributed by atoms with E-state index in [1.807, 2.05) is 0 Å². The zero-order valence-electron chi connectivity index (χ0n) is 32.8. The lowest BCUT2D eigenvalue weighted by atomic mass is 9.88. The summed E-state index contributed by atoms with van der Waals surface area (Å²) in [6.07, 6.45) is -1.26. The number of carbonyl (C=O) groups is 4. The molecule has 0 heterocycles. The van der Waals surface area contributed by atoms with Gasteiger partial charge in [0.15, 0.2) is 0 Å². The third-order valence-electron chi connectivity index (χ3n) is 9.51. The molecule has 25 heteroatoms. The highest BCUT2D eigenvalue weighted by Crippen LogP contribution is 2.64. The molecule has 0 aliphatic rings. The van der Waals surface area contributed by atoms with E-state index in [0.717, 1.165) is 44.9 Å². The SMILES string of the molecule is CCCCCCCCCCCCCCCCCCC(CC(=O)OCCC(F)(F)C(F)(F)C(F)(F)C(F)(F)C(F)(F)C(F)(F)C(F)(F)C(F)(F)F)C(=O)OC(CC(=O)O)C(=O)O. The van der Waals surface area contributed by atoms with E-state index in [2.05, 4.69) is 16.4 Å². The molecule has 0 saturated heterocycles. The first-order chi connectivity index (χ1) is 27.7. The molecule has 8 nitrogen and oxygen atoms in total. The lowest BCUT2D eigenvalue weighted by Gasteiger charge is -2.42. The number of carboxylic acid groups (broad SMARTS) is 2. The summed E-state index contributed by atoms with van der Waals surface area (Å²) >= 11 is 0. The number of alkyl halides is 17. The summed E-state index contributed by atoms with van der Waals surface area (Å²) in [7, 11) is 0. The Labute approximate surface area is 339 Å². The molecule has 0 aliphatic heterocycles.